The summed E-state index contributed by atoms with van der Waals surface area (Å²) in [4.78, 5) is 11.6. The van der Waals surface area contributed by atoms with Gasteiger partial charge in [0.05, 0.1) is 40.3 Å². The summed E-state index contributed by atoms with van der Waals surface area (Å²) in [6, 6.07) is 14.3. The van der Waals surface area contributed by atoms with E-state index in [4.69, 9.17) is 9.99 Å². The molecule has 0 aliphatic rings. The van der Waals surface area contributed by atoms with Crippen LogP contribution < -0.4 is 4.74 Å². The number of carboxylic acids is 1. The zero-order valence-corrected chi connectivity index (χ0v) is 26.7. The molecule has 5 aromatic rings. The van der Waals surface area contributed by atoms with E-state index in [9.17, 15) is 41.8 Å². The van der Waals surface area contributed by atoms with Crippen LogP contribution in [0.5, 0.6) is 17.4 Å². The number of nitrogens with zero attached hydrogens (tertiary/aromatic N) is 6. The normalized spacial score (nSPS) is 12.7. The summed E-state index contributed by atoms with van der Waals surface area (Å²) in [5, 5.41) is 64.1. The molecule has 0 saturated carbocycles. The van der Waals surface area contributed by atoms with Crippen molar-refractivity contribution in [3.63, 3.8) is 0 Å². The minimum absolute atomic E-state index is 0.0367. The van der Waals surface area contributed by atoms with Gasteiger partial charge < -0.3 is 24.6 Å². The fraction of sp³-hybridized carbons (Fsp3) is 0.0370. The van der Waals surface area contributed by atoms with Gasteiger partial charge in [-0.2, -0.15) is 23.3 Å². The van der Waals surface area contributed by atoms with Crippen molar-refractivity contribution < 1.29 is 61.2 Å². The number of hydrogen-bond acceptors (Lipinski definition) is 16. The van der Waals surface area contributed by atoms with Crippen molar-refractivity contribution in [3.05, 3.63) is 72.4 Å². The second kappa shape index (κ2) is 14.4. The number of fused-ring (bicyclic) bond motifs is 1. The first-order chi connectivity index (χ1) is 23.3. The molecule has 0 aliphatic heterocycles. The molecule has 1 unspecified atom stereocenters. The number of carboxylic acid groups (broad SMARTS) is 1. The number of phenolic OH excluding ortho intramolecular Hbond substituents is 1. The van der Waals surface area contributed by atoms with Crippen molar-refractivity contribution in [2.45, 2.75) is 14.7 Å². The molecule has 0 bridgehead atoms. The lowest BCUT2D eigenvalue weighted by atomic mass is 10.1. The van der Waals surface area contributed by atoms with Gasteiger partial charge in [0.25, 0.3) is 10.1 Å². The predicted molar refractivity (Wildman–Crippen MR) is 169 cm³/mol. The van der Waals surface area contributed by atoms with Crippen molar-refractivity contribution in [2.75, 3.05) is 7.11 Å². The molecule has 22 heteroatoms. The molecule has 1 aromatic heterocycles. The second-order valence-corrected chi connectivity index (χ2v) is 12.5. The van der Waals surface area contributed by atoms with E-state index in [-0.39, 0.29) is 38.3 Å². The zero-order valence-electron chi connectivity index (χ0n) is 24.3. The van der Waals surface area contributed by atoms with Crippen molar-refractivity contribution in [1.82, 2.24) is 9.78 Å². The van der Waals surface area contributed by atoms with E-state index in [1.807, 2.05) is 0 Å². The average molecular weight is 733 g/mol. The summed E-state index contributed by atoms with van der Waals surface area (Å²) in [7, 11) is -3.25. The molecular formula is C27H20N6O13S3. The molecule has 19 nitrogen and oxygen atoms in total. The molecule has 0 fully saturated rings. The van der Waals surface area contributed by atoms with Crippen molar-refractivity contribution in [1.29, 1.82) is 0 Å². The monoisotopic (exact) mass is 732 g/mol. The number of aromatic hydroxyl groups is 2. The summed E-state index contributed by atoms with van der Waals surface area (Å²) < 4.78 is 63.3. The number of phenols is 1. The number of aromatic nitrogens is 2. The molecule has 0 radical (unpaired) electrons. The van der Waals surface area contributed by atoms with Crippen molar-refractivity contribution >= 4 is 72.7 Å². The molecular weight excluding hydrogens is 713 g/mol. The Morgan fingerprint density at radius 2 is 1.65 bits per heavy atom. The molecule has 49 heavy (non-hydrogen) atoms. The molecule has 1 heterocycles. The Morgan fingerprint density at radius 3 is 2.29 bits per heavy atom. The van der Waals surface area contributed by atoms with E-state index in [0.717, 1.165) is 22.9 Å². The van der Waals surface area contributed by atoms with Crippen LogP contribution in [0.25, 0.3) is 16.5 Å². The first kappa shape index (κ1) is 35.0. The summed E-state index contributed by atoms with van der Waals surface area (Å²) in [6.45, 7) is 0. The van der Waals surface area contributed by atoms with Crippen LogP contribution in [0.3, 0.4) is 0 Å². The van der Waals surface area contributed by atoms with Gasteiger partial charge in [0.1, 0.15) is 27.8 Å². The maximum absolute atomic E-state index is 11.9. The summed E-state index contributed by atoms with van der Waals surface area (Å²) in [5.41, 5.74) is -0.940. The number of rotatable bonds is 12. The second-order valence-electron chi connectivity index (χ2n) is 9.42. The Labute approximate surface area is 280 Å². The molecule has 0 spiro atoms. The van der Waals surface area contributed by atoms with Gasteiger partial charge in [-0.15, -0.1) is 19.7 Å². The third kappa shape index (κ3) is 7.71. The Kier molecular flexibility index (Phi) is 10.3. The minimum atomic E-state index is -4.50. The van der Waals surface area contributed by atoms with Crippen molar-refractivity contribution in [2.24, 2.45) is 20.5 Å². The minimum Gasteiger partial charge on any atom is -0.506 e. The standard InChI is InChI=1S/C27H20N6O13S3/c1-44-21-11-18(20(34)12-23(21)48(39)40)29-30-19-9-14-8-15(3-2-13(14)10-22(19)47-46-45-38)28-31-24-25(27(36)37)32-33(26(24)35)16-4-6-17(7-5-16)49(41,42)43/h2-12,34-35,38H,1H3,(H,36,37)(H,39,40)(H,41,42,43). The van der Waals surface area contributed by atoms with Crippen molar-refractivity contribution in [3.8, 4) is 23.1 Å². The van der Waals surface area contributed by atoms with Crippen LogP contribution in [0.4, 0.5) is 22.7 Å². The van der Waals surface area contributed by atoms with Gasteiger partial charge in [0.15, 0.2) is 16.8 Å². The topological polar surface area (TPSA) is 285 Å². The first-order valence-electron chi connectivity index (χ1n) is 13.0. The van der Waals surface area contributed by atoms with Crippen LogP contribution in [-0.2, 0) is 30.6 Å². The maximum atomic E-state index is 11.9. The molecule has 5 rings (SSSR count). The van der Waals surface area contributed by atoms with Gasteiger partial charge in [-0.1, -0.05) is 11.1 Å². The summed E-state index contributed by atoms with van der Waals surface area (Å²) in [5.74, 6) is -2.79. The Balaban J connectivity index is 1.51. The zero-order chi connectivity index (χ0) is 35.5. The molecule has 6 N–H and O–H groups in total. The lowest BCUT2D eigenvalue weighted by Crippen LogP contribution is -2.02. The highest BCUT2D eigenvalue weighted by Crippen LogP contribution is 2.40. The van der Waals surface area contributed by atoms with Crippen LogP contribution in [0.15, 0.2) is 102 Å². The molecule has 4 aromatic carbocycles. The Bertz CT molecular complexity index is 2280. The quantitative estimate of drug-likeness (QED) is 0.0207. The van der Waals surface area contributed by atoms with Crippen LogP contribution in [0.2, 0.25) is 0 Å². The lowest BCUT2D eigenvalue weighted by Gasteiger charge is -2.08. The van der Waals surface area contributed by atoms with Gasteiger partial charge in [-0.25, -0.2) is 14.3 Å². The van der Waals surface area contributed by atoms with E-state index < -0.39 is 55.1 Å². The van der Waals surface area contributed by atoms with E-state index in [0.29, 0.717) is 22.8 Å². The molecule has 254 valence electrons. The summed E-state index contributed by atoms with van der Waals surface area (Å²) >= 11 is -1.89. The lowest BCUT2D eigenvalue weighted by molar-refractivity contribution is -0.432. The average Bonchev–Trinajstić information content (AvgIpc) is 3.40. The summed E-state index contributed by atoms with van der Waals surface area (Å²) in [6.07, 6.45) is 0. The van der Waals surface area contributed by atoms with Gasteiger partial charge in [-0.05, 0) is 59.3 Å². The highest BCUT2D eigenvalue weighted by Gasteiger charge is 2.24. The fourth-order valence-corrected chi connectivity index (χ4v) is 5.69. The number of ether oxygens (including phenoxy) is 1. The Hall–Kier alpha value is -5.33. The van der Waals surface area contributed by atoms with Gasteiger partial charge in [0.2, 0.25) is 11.6 Å². The number of hydrogen-bond donors (Lipinski definition) is 6. The third-order valence-corrected chi connectivity index (χ3v) is 8.65. The molecule has 0 aliphatic carbocycles. The number of carbonyl (C=O) groups is 1. The van der Waals surface area contributed by atoms with Crippen LogP contribution in [0, 0.1) is 0 Å². The predicted octanol–water partition coefficient (Wildman–Crippen LogP) is 6.23. The maximum Gasteiger partial charge on any atom is 0.358 e. The largest absolute Gasteiger partial charge is 0.506 e. The Morgan fingerprint density at radius 1 is 0.939 bits per heavy atom. The van der Waals surface area contributed by atoms with Gasteiger partial charge in [-0.3, -0.25) is 4.55 Å². The first-order valence-corrected chi connectivity index (χ1v) is 16.3. The number of aromatic carboxylic acids is 1. The van der Waals surface area contributed by atoms with E-state index in [2.05, 4.69) is 34.9 Å². The van der Waals surface area contributed by atoms with Crippen LogP contribution in [0.1, 0.15) is 10.5 Å². The van der Waals surface area contributed by atoms with E-state index >= 15 is 0 Å². The molecule has 0 saturated heterocycles. The number of methoxy groups -OCH3 is 1. The fourth-order valence-electron chi connectivity index (χ4n) is 4.22. The highest BCUT2D eigenvalue weighted by atomic mass is 32.2. The number of benzene rings is 4. The van der Waals surface area contributed by atoms with Gasteiger partial charge >= 0.3 is 5.97 Å². The van der Waals surface area contributed by atoms with Crippen LogP contribution in [-0.4, -0.2) is 65.2 Å². The van der Waals surface area contributed by atoms with E-state index in [1.165, 1.54) is 43.5 Å². The van der Waals surface area contributed by atoms with E-state index in [1.54, 1.807) is 12.1 Å². The molecule has 1 atom stereocenters. The highest BCUT2D eigenvalue weighted by molar-refractivity contribution is 7.94. The molecule has 0 amide bonds. The smallest absolute Gasteiger partial charge is 0.358 e. The van der Waals surface area contributed by atoms with Crippen LogP contribution >= 0.6 is 12.0 Å². The third-order valence-electron chi connectivity index (χ3n) is 6.45. The number of azo groups is 2. The SMILES string of the molecule is COc1cc(N=Nc2cc3cc(N=Nc4c(C(=O)O)nn(-c5ccc(S(=O)(=O)O)cc5)c4O)ccc3cc2SOOO)c(O)cc1S(=O)O. The van der Waals surface area contributed by atoms with Gasteiger partial charge in [0, 0.05) is 12.1 Å².